The Balaban J connectivity index is 1.50. The van der Waals surface area contributed by atoms with Crippen LogP contribution >= 0.6 is 0 Å². The van der Waals surface area contributed by atoms with Crippen LogP contribution in [0.5, 0.6) is 0 Å². The van der Waals surface area contributed by atoms with E-state index in [2.05, 4.69) is 25.8 Å². The molecule has 3 aromatic rings. The van der Waals surface area contributed by atoms with E-state index in [0.29, 0.717) is 11.5 Å². The third-order valence-electron chi connectivity index (χ3n) is 5.31. The number of aromatic nitrogens is 1. The molecule has 1 fully saturated rings. The number of amides is 1. The normalized spacial score (nSPS) is 13.6. The fourth-order valence-corrected chi connectivity index (χ4v) is 3.58. The van der Waals surface area contributed by atoms with Gasteiger partial charge in [0.1, 0.15) is 17.5 Å². The van der Waals surface area contributed by atoms with Gasteiger partial charge in [0, 0.05) is 61.9 Å². The third-order valence-corrected chi connectivity index (χ3v) is 5.31. The van der Waals surface area contributed by atoms with E-state index in [1.165, 1.54) is 24.4 Å². The first-order valence-corrected chi connectivity index (χ1v) is 10.3. The lowest BCUT2D eigenvalue weighted by atomic mass is 10.1. The molecule has 0 atom stereocenters. The van der Waals surface area contributed by atoms with Crippen LogP contribution < -0.4 is 26.6 Å². The molecule has 166 valence electrons. The number of piperazine rings is 1. The van der Waals surface area contributed by atoms with E-state index in [-0.39, 0.29) is 17.7 Å². The number of hydrogen-bond acceptors (Lipinski definition) is 6. The summed E-state index contributed by atoms with van der Waals surface area (Å²) < 4.78 is 27.9. The quantitative estimate of drug-likeness (QED) is 0.453. The highest BCUT2D eigenvalue weighted by Gasteiger charge is 2.14. The van der Waals surface area contributed by atoms with Gasteiger partial charge in [-0.15, -0.1) is 0 Å². The molecule has 7 nitrogen and oxygen atoms in total. The molecule has 0 saturated carbocycles. The molecule has 1 aliphatic heterocycles. The minimum Gasteiger partial charge on any atom is -0.380 e. The molecule has 1 aliphatic rings. The average molecular weight is 438 g/mol. The van der Waals surface area contributed by atoms with Crippen LogP contribution in [0.1, 0.15) is 15.9 Å². The molecular weight excluding hydrogens is 414 g/mol. The van der Waals surface area contributed by atoms with Crippen molar-refractivity contribution >= 4 is 28.8 Å². The molecule has 0 spiro atoms. The van der Waals surface area contributed by atoms with Gasteiger partial charge in [-0.2, -0.15) is 0 Å². The maximum atomic E-state index is 13.9. The molecule has 0 aliphatic carbocycles. The van der Waals surface area contributed by atoms with Gasteiger partial charge in [-0.25, -0.2) is 13.8 Å². The number of nitrogens with one attached hydrogen (secondary N) is 3. The van der Waals surface area contributed by atoms with Gasteiger partial charge >= 0.3 is 0 Å². The first kappa shape index (κ1) is 21.5. The van der Waals surface area contributed by atoms with Crippen LogP contribution in [0.25, 0.3) is 0 Å². The Kier molecular flexibility index (Phi) is 6.46. The molecule has 0 radical (unpaired) electrons. The fraction of sp³-hybridized carbons (Fsp3) is 0.217. The van der Waals surface area contributed by atoms with Crippen LogP contribution in [-0.2, 0) is 6.54 Å². The molecular formula is C23H24F2N6O. The first-order chi connectivity index (χ1) is 15.5. The number of nitrogens with zero attached hydrogens (tertiary/aromatic N) is 2. The number of carbonyl (C=O) groups excluding carboxylic acids is 1. The highest BCUT2D eigenvalue weighted by atomic mass is 19.1. The summed E-state index contributed by atoms with van der Waals surface area (Å²) in [5.41, 5.74) is 7.72. The molecule has 5 N–H and O–H groups in total. The van der Waals surface area contributed by atoms with Crippen LogP contribution in [-0.4, -0.2) is 37.1 Å². The van der Waals surface area contributed by atoms with Crippen LogP contribution in [0.15, 0.2) is 54.7 Å². The number of benzene rings is 2. The number of nitrogens with two attached hydrogens (primary N) is 1. The van der Waals surface area contributed by atoms with Crippen LogP contribution in [0.4, 0.5) is 31.7 Å². The standard InChI is InChI=1S/C23H24F2N6O/c24-19-2-1-3-20(25)17(19)13-28-21-12-22(29-14-18(21)23(26)32)30-15-4-6-16(7-5-15)31-10-8-27-9-11-31/h1-7,12,14,27H,8-11,13H2,(H2,26,32)(H2,28,29,30). The number of pyridine rings is 1. The van der Waals surface area contributed by atoms with Gasteiger partial charge in [0.2, 0.25) is 0 Å². The smallest absolute Gasteiger partial charge is 0.252 e. The summed E-state index contributed by atoms with van der Waals surface area (Å²) in [7, 11) is 0. The van der Waals surface area contributed by atoms with Crippen molar-refractivity contribution in [3.63, 3.8) is 0 Å². The van der Waals surface area contributed by atoms with E-state index in [0.717, 1.165) is 37.6 Å². The average Bonchev–Trinajstić information content (AvgIpc) is 2.80. The molecule has 1 aromatic heterocycles. The van der Waals surface area contributed by atoms with E-state index < -0.39 is 17.5 Å². The lowest BCUT2D eigenvalue weighted by Gasteiger charge is -2.29. The Morgan fingerprint density at radius 2 is 1.78 bits per heavy atom. The second kappa shape index (κ2) is 9.61. The lowest BCUT2D eigenvalue weighted by Crippen LogP contribution is -2.43. The monoisotopic (exact) mass is 438 g/mol. The van der Waals surface area contributed by atoms with Gasteiger partial charge in [0.05, 0.1) is 11.3 Å². The highest BCUT2D eigenvalue weighted by Crippen LogP contribution is 2.25. The van der Waals surface area contributed by atoms with Gasteiger partial charge in [0.25, 0.3) is 5.91 Å². The van der Waals surface area contributed by atoms with E-state index in [9.17, 15) is 13.6 Å². The summed E-state index contributed by atoms with van der Waals surface area (Å²) in [6, 6.07) is 13.2. The summed E-state index contributed by atoms with van der Waals surface area (Å²) >= 11 is 0. The highest BCUT2D eigenvalue weighted by molar-refractivity contribution is 5.98. The van der Waals surface area contributed by atoms with Crippen molar-refractivity contribution in [2.75, 3.05) is 41.7 Å². The summed E-state index contributed by atoms with van der Waals surface area (Å²) in [4.78, 5) is 18.3. The fourth-order valence-electron chi connectivity index (χ4n) is 3.58. The number of anilines is 4. The van der Waals surface area contributed by atoms with E-state index in [4.69, 9.17) is 5.73 Å². The molecule has 2 aromatic carbocycles. The number of hydrogen-bond donors (Lipinski definition) is 4. The van der Waals surface area contributed by atoms with E-state index >= 15 is 0 Å². The predicted molar refractivity (Wildman–Crippen MR) is 121 cm³/mol. The molecule has 32 heavy (non-hydrogen) atoms. The number of rotatable bonds is 7. The Hall–Kier alpha value is -3.72. The maximum absolute atomic E-state index is 13.9. The molecule has 9 heteroatoms. The van der Waals surface area contributed by atoms with Crippen molar-refractivity contribution in [2.45, 2.75) is 6.54 Å². The molecule has 0 bridgehead atoms. The summed E-state index contributed by atoms with van der Waals surface area (Å²) in [5, 5.41) is 9.41. The van der Waals surface area contributed by atoms with Crippen molar-refractivity contribution in [1.29, 1.82) is 0 Å². The Morgan fingerprint density at radius 3 is 2.44 bits per heavy atom. The molecule has 4 rings (SSSR count). The SMILES string of the molecule is NC(=O)c1cnc(Nc2ccc(N3CCNCC3)cc2)cc1NCc1c(F)cccc1F. The zero-order valence-corrected chi connectivity index (χ0v) is 17.4. The zero-order valence-electron chi connectivity index (χ0n) is 17.4. The Morgan fingerprint density at radius 1 is 1.09 bits per heavy atom. The van der Waals surface area contributed by atoms with Gasteiger partial charge in [-0.05, 0) is 36.4 Å². The van der Waals surface area contributed by atoms with E-state index in [1.54, 1.807) is 6.07 Å². The van der Waals surface area contributed by atoms with Crippen molar-refractivity contribution < 1.29 is 13.6 Å². The summed E-state index contributed by atoms with van der Waals surface area (Å²) in [5.74, 6) is -1.58. The molecule has 0 unspecified atom stereocenters. The van der Waals surface area contributed by atoms with Crippen molar-refractivity contribution in [3.8, 4) is 0 Å². The van der Waals surface area contributed by atoms with Gasteiger partial charge in [-0.1, -0.05) is 6.07 Å². The van der Waals surface area contributed by atoms with E-state index in [1.807, 2.05) is 24.3 Å². The third kappa shape index (κ3) is 4.94. The minimum absolute atomic E-state index is 0.126. The summed E-state index contributed by atoms with van der Waals surface area (Å²) in [6.07, 6.45) is 1.33. The maximum Gasteiger partial charge on any atom is 0.252 e. The molecule has 1 saturated heterocycles. The topological polar surface area (TPSA) is 95.3 Å². The predicted octanol–water partition coefficient (Wildman–Crippen LogP) is 3.22. The van der Waals surface area contributed by atoms with Crippen LogP contribution in [0.3, 0.4) is 0 Å². The minimum atomic E-state index is -0.694. The number of primary amides is 1. The van der Waals surface area contributed by atoms with Crippen molar-refractivity contribution in [3.05, 3.63) is 77.5 Å². The van der Waals surface area contributed by atoms with Gasteiger partial charge < -0.3 is 26.6 Å². The zero-order chi connectivity index (χ0) is 22.5. The number of halogens is 2. The largest absolute Gasteiger partial charge is 0.380 e. The molecule has 2 heterocycles. The molecule has 1 amide bonds. The van der Waals surface area contributed by atoms with Crippen molar-refractivity contribution in [2.24, 2.45) is 5.73 Å². The Bertz CT molecular complexity index is 1080. The van der Waals surface area contributed by atoms with Crippen molar-refractivity contribution in [1.82, 2.24) is 10.3 Å². The second-order valence-corrected chi connectivity index (χ2v) is 7.44. The summed E-state index contributed by atoms with van der Waals surface area (Å²) in [6.45, 7) is 3.69. The van der Waals surface area contributed by atoms with Crippen LogP contribution in [0, 0.1) is 11.6 Å². The number of carbonyl (C=O) groups is 1. The first-order valence-electron chi connectivity index (χ1n) is 10.3. The Labute approximate surface area is 184 Å². The lowest BCUT2D eigenvalue weighted by molar-refractivity contribution is 0.100. The van der Waals surface area contributed by atoms with Crippen LogP contribution in [0.2, 0.25) is 0 Å². The van der Waals surface area contributed by atoms with Gasteiger partial charge in [-0.3, -0.25) is 4.79 Å². The second-order valence-electron chi connectivity index (χ2n) is 7.44. The van der Waals surface area contributed by atoms with Gasteiger partial charge in [0.15, 0.2) is 0 Å².